The van der Waals surface area contributed by atoms with Crippen molar-refractivity contribution in [3.63, 3.8) is 0 Å². The molecule has 2 aliphatic carbocycles. The fourth-order valence-electron chi connectivity index (χ4n) is 5.03. The van der Waals surface area contributed by atoms with Crippen molar-refractivity contribution in [3.05, 3.63) is 28.8 Å². The smallest absolute Gasteiger partial charge is 0.257 e. The van der Waals surface area contributed by atoms with E-state index in [0.717, 1.165) is 64.2 Å². The molecule has 1 aliphatic heterocycles. The van der Waals surface area contributed by atoms with Gasteiger partial charge in [0.15, 0.2) is 0 Å². The molecule has 0 bridgehead atoms. The van der Waals surface area contributed by atoms with Crippen molar-refractivity contribution in [1.82, 2.24) is 10.2 Å². The first kappa shape index (κ1) is 19.3. The van der Waals surface area contributed by atoms with Crippen LogP contribution in [0, 0.1) is 5.92 Å². The highest BCUT2D eigenvalue weighted by molar-refractivity contribution is 5.97. The zero-order valence-corrected chi connectivity index (χ0v) is 16.7. The number of carbonyl (C=O) groups excluding carboxylic acids is 2. The maximum absolute atomic E-state index is 13.0. The van der Waals surface area contributed by atoms with Gasteiger partial charge in [-0.1, -0.05) is 19.3 Å². The van der Waals surface area contributed by atoms with Gasteiger partial charge in [0.05, 0.1) is 5.56 Å². The van der Waals surface area contributed by atoms with Crippen LogP contribution in [0.2, 0.25) is 0 Å². The molecule has 3 aliphatic rings. The summed E-state index contributed by atoms with van der Waals surface area (Å²) in [5.74, 6) is 0.416. The molecule has 1 saturated heterocycles. The molecule has 2 N–H and O–H groups in total. The number of rotatable bonds is 3. The number of phenolic OH excluding ortho intramolecular Hbond substituents is 1. The summed E-state index contributed by atoms with van der Waals surface area (Å²) in [6, 6.07) is 3.86. The number of fused-ring (bicyclic) bond motifs is 1. The van der Waals surface area contributed by atoms with E-state index in [1.165, 1.54) is 17.5 Å². The molecule has 1 aromatic carbocycles. The van der Waals surface area contributed by atoms with Crippen LogP contribution >= 0.6 is 0 Å². The van der Waals surface area contributed by atoms with Crippen LogP contribution in [0.3, 0.4) is 0 Å². The van der Waals surface area contributed by atoms with Gasteiger partial charge in [-0.25, -0.2) is 0 Å². The van der Waals surface area contributed by atoms with Crippen molar-refractivity contribution < 1.29 is 14.7 Å². The SMILES string of the molecule is O=C(NC1CCN(C(=O)c2cc3c(cc2O)CCCC3)CC1)C1CCCCC1. The molecule has 0 aromatic heterocycles. The summed E-state index contributed by atoms with van der Waals surface area (Å²) in [5, 5.41) is 13.6. The molecule has 2 amide bonds. The molecular weight excluding hydrogens is 352 g/mol. The Balaban J connectivity index is 1.33. The maximum Gasteiger partial charge on any atom is 0.257 e. The Morgan fingerprint density at radius 2 is 1.54 bits per heavy atom. The summed E-state index contributed by atoms with van der Waals surface area (Å²) in [5.41, 5.74) is 2.83. The number of hydrogen-bond acceptors (Lipinski definition) is 3. The van der Waals surface area contributed by atoms with Gasteiger partial charge in [0.25, 0.3) is 5.91 Å². The highest BCUT2D eigenvalue weighted by atomic mass is 16.3. The number of carbonyl (C=O) groups is 2. The van der Waals surface area contributed by atoms with Crippen molar-refractivity contribution in [3.8, 4) is 5.75 Å². The summed E-state index contributed by atoms with van der Waals surface area (Å²) in [6.07, 6.45) is 11.5. The van der Waals surface area contributed by atoms with E-state index >= 15 is 0 Å². The highest BCUT2D eigenvalue weighted by Gasteiger charge is 2.29. The predicted molar refractivity (Wildman–Crippen MR) is 108 cm³/mol. The van der Waals surface area contributed by atoms with Crippen LogP contribution in [0.15, 0.2) is 12.1 Å². The molecule has 0 atom stereocenters. The van der Waals surface area contributed by atoms with Crippen molar-refractivity contribution in [2.45, 2.75) is 76.7 Å². The van der Waals surface area contributed by atoms with Crippen LogP contribution in [0.1, 0.15) is 79.3 Å². The molecule has 1 heterocycles. The van der Waals surface area contributed by atoms with E-state index in [1.807, 2.05) is 11.0 Å². The summed E-state index contributed by atoms with van der Waals surface area (Å²) >= 11 is 0. The second-order valence-corrected chi connectivity index (χ2v) is 8.76. The van der Waals surface area contributed by atoms with Gasteiger partial charge < -0.3 is 15.3 Å². The van der Waals surface area contributed by atoms with E-state index in [9.17, 15) is 14.7 Å². The summed E-state index contributed by atoms with van der Waals surface area (Å²) in [7, 11) is 0. The maximum atomic E-state index is 13.0. The van der Waals surface area contributed by atoms with E-state index in [4.69, 9.17) is 0 Å². The van der Waals surface area contributed by atoms with E-state index in [0.29, 0.717) is 18.7 Å². The standard InChI is InChI=1S/C23H32N2O3/c26-21-15-18-9-5-4-8-17(18)14-20(21)23(28)25-12-10-19(11-13-25)24-22(27)16-6-2-1-3-7-16/h14-16,19,26H,1-13H2,(H,24,27). The van der Waals surface area contributed by atoms with Gasteiger partial charge in [0, 0.05) is 25.0 Å². The first-order valence-corrected chi connectivity index (χ1v) is 11.1. The minimum absolute atomic E-state index is 0.0806. The molecule has 4 rings (SSSR count). The minimum atomic E-state index is -0.0806. The van der Waals surface area contributed by atoms with Crippen LogP contribution in [0.5, 0.6) is 5.75 Å². The monoisotopic (exact) mass is 384 g/mol. The molecule has 2 fully saturated rings. The average molecular weight is 385 g/mol. The molecule has 28 heavy (non-hydrogen) atoms. The van der Waals surface area contributed by atoms with Crippen molar-refractivity contribution in [2.75, 3.05) is 13.1 Å². The first-order chi connectivity index (χ1) is 13.6. The quantitative estimate of drug-likeness (QED) is 0.837. The van der Waals surface area contributed by atoms with Crippen molar-refractivity contribution in [1.29, 1.82) is 0 Å². The Labute approximate surface area is 167 Å². The number of nitrogens with zero attached hydrogens (tertiary/aromatic N) is 1. The number of aryl methyl sites for hydroxylation is 2. The summed E-state index contributed by atoms with van der Waals surface area (Å²) in [4.78, 5) is 27.2. The lowest BCUT2D eigenvalue weighted by Gasteiger charge is -2.34. The summed E-state index contributed by atoms with van der Waals surface area (Å²) in [6.45, 7) is 1.26. The fourth-order valence-corrected chi connectivity index (χ4v) is 5.03. The lowest BCUT2D eigenvalue weighted by atomic mass is 9.88. The van der Waals surface area contributed by atoms with E-state index in [1.54, 1.807) is 6.07 Å². The fraction of sp³-hybridized carbons (Fsp3) is 0.652. The first-order valence-electron chi connectivity index (χ1n) is 11.1. The molecule has 0 radical (unpaired) electrons. The Morgan fingerprint density at radius 1 is 0.893 bits per heavy atom. The molecule has 0 spiro atoms. The Bertz CT molecular complexity index is 732. The van der Waals surface area contributed by atoms with E-state index in [-0.39, 0.29) is 29.5 Å². The third-order valence-corrected chi connectivity index (χ3v) is 6.80. The zero-order valence-electron chi connectivity index (χ0n) is 16.7. The predicted octanol–water partition coefficient (Wildman–Crippen LogP) is 3.57. The van der Waals surface area contributed by atoms with Crippen LogP contribution in [-0.4, -0.2) is 41.0 Å². The topological polar surface area (TPSA) is 69.6 Å². The van der Waals surface area contributed by atoms with E-state index in [2.05, 4.69) is 5.32 Å². The molecular formula is C23H32N2O3. The van der Waals surface area contributed by atoms with Crippen molar-refractivity contribution >= 4 is 11.8 Å². The van der Waals surface area contributed by atoms with Gasteiger partial charge in [0.2, 0.25) is 5.91 Å². The normalized spacial score (nSPS) is 21.2. The number of piperidine rings is 1. The second kappa shape index (κ2) is 8.54. The average Bonchev–Trinajstić information content (AvgIpc) is 2.74. The third-order valence-electron chi connectivity index (χ3n) is 6.80. The Kier molecular flexibility index (Phi) is 5.88. The highest BCUT2D eigenvalue weighted by Crippen LogP contribution is 2.30. The van der Waals surface area contributed by atoms with Crippen LogP contribution in [0.4, 0.5) is 0 Å². The lowest BCUT2D eigenvalue weighted by molar-refractivity contribution is -0.126. The zero-order chi connectivity index (χ0) is 19.5. The van der Waals surface area contributed by atoms with Gasteiger partial charge in [-0.3, -0.25) is 9.59 Å². The molecule has 1 aromatic rings. The number of amides is 2. The van der Waals surface area contributed by atoms with Gasteiger partial charge >= 0.3 is 0 Å². The second-order valence-electron chi connectivity index (χ2n) is 8.76. The molecule has 1 saturated carbocycles. The Morgan fingerprint density at radius 3 is 2.21 bits per heavy atom. The number of nitrogens with one attached hydrogen (secondary N) is 1. The largest absolute Gasteiger partial charge is 0.507 e. The van der Waals surface area contributed by atoms with Gasteiger partial charge in [-0.15, -0.1) is 0 Å². The number of benzene rings is 1. The molecule has 5 nitrogen and oxygen atoms in total. The third kappa shape index (κ3) is 4.18. The van der Waals surface area contributed by atoms with Crippen molar-refractivity contribution in [2.24, 2.45) is 5.92 Å². The number of hydrogen-bond donors (Lipinski definition) is 2. The van der Waals surface area contributed by atoms with Crippen LogP contribution in [-0.2, 0) is 17.6 Å². The van der Waals surface area contributed by atoms with Gasteiger partial charge in [-0.05, 0) is 74.6 Å². The molecule has 5 heteroatoms. The van der Waals surface area contributed by atoms with Crippen LogP contribution in [0.25, 0.3) is 0 Å². The van der Waals surface area contributed by atoms with Gasteiger partial charge in [-0.2, -0.15) is 0 Å². The number of phenols is 1. The number of likely N-dealkylation sites (tertiary alicyclic amines) is 1. The lowest BCUT2D eigenvalue weighted by Crippen LogP contribution is -2.48. The minimum Gasteiger partial charge on any atom is -0.507 e. The van der Waals surface area contributed by atoms with Gasteiger partial charge in [0.1, 0.15) is 5.75 Å². The Hall–Kier alpha value is -2.04. The number of aromatic hydroxyl groups is 1. The molecule has 0 unspecified atom stereocenters. The molecule has 152 valence electrons. The summed E-state index contributed by atoms with van der Waals surface area (Å²) < 4.78 is 0. The van der Waals surface area contributed by atoms with Crippen LogP contribution < -0.4 is 5.32 Å². The van der Waals surface area contributed by atoms with E-state index < -0.39 is 0 Å².